The maximum atomic E-state index is 11.4. The molecule has 1 unspecified atom stereocenters. The zero-order valence-electron chi connectivity index (χ0n) is 7.07. The van der Waals surface area contributed by atoms with Gasteiger partial charge in [0.1, 0.15) is 0 Å². The van der Waals surface area contributed by atoms with E-state index in [9.17, 15) is 12.6 Å². The Kier molecular flexibility index (Phi) is 2.41. The van der Waals surface area contributed by atoms with Gasteiger partial charge in [0, 0.05) is 21.3 Å². The van der Waals surface area contributed by atoms with Crippen molar-refractivity contribution < 1.29 is 12.6 Å². The van der Waals surface area contributed by atoms with Crippen LogP contribution in [0.25, 0.3) is 0 Å². The molecule has 0 spiro atoms. The lowest BCUT2D eigenvalue weighted by atomic mass is 10.2. The molecule has 14 heavy (non-hydrogen) atoms. The average Bonchev–Trinajstić information content (AvgIpc) is 2.46. The van der Waals surface area contributed by atoms with Gasteiger partial charge in [-0.05, 0) is 24.1 Å². The van der Waals surface area contributed by atoms with Gasteiger partial charge < -0.3 is 0 Å². The van der Waals surface area contributed by atoms with Crippen LogP contribution >= 0.6 is 10.7 Å². The minimum atomic E-state index is -3.71. The highest BCUT2D eigenvalue weighted by atomic mass is 35.7. The summed E-state index contributed by atoms with van der Waals surface area (Å²) >= 11 is 0. The normalized spacial score (nSPS) is 20.8. The number of halogens is 1. The Morgan fingerprint density at radius 1 is 1.36 bits per heavy atom. The molecule has 1 heterocycles. The lowest BCUT2D eigenvalue weighted by molar-refractivity contribution is 0.609. The molecule has 6 heteroatoms. The Hall–Kier alpha value is -0.390. The second-order valence-electron chi connectivity index (χ2n) is 3.01. The van der Waals surface area contributed by atoms with Gasteiger partial charge in [-0.1, -0.05) is 6.07 Å². The van der Waals surface area contributed by atoms with E-state index in [1.807, 2.05) is 0 Å². The first kappa shape index (κ1) is 10.1. The monoisotopic (exact) mass is 250 g/mol. The van der Waals surface area contributed by atoms with Crippen molar-refractivity contribution in [3.8, 4) is 0 Å². The molecule has 1 aliphatic heterocycles. The van der Waals surface area contributed by atoms with Gasteiger partial charge in [-0.3, -0.25) is 4.21 Å². The van der Waals surface area contributed by atoms with Crippen LogP contribution in [0.5, 0.6) is 0 Å². The molecule has 0 radical (unpaired) electrons. The number of fused-ring (bicyclic) bond motifs is 1. The molecule has 1 atom stereocenters. The molecule has 3 nitrogen and oxygen atoms in total. The van der Waals surface area contributed by atoms with Crippen molar-refractivity contribution in [2.24, 2.45) is 0 Å². The minimum Gasteiger partial charge on any atom is -0.254 e. The maximum Gasteiger partial charge on any atom is 0.261 e. The summed E-state index contributed by atoms with van der Waals surface area (Å²) in [5.41, 5.74) is 0.951. The van der Waals surface area contributed by atoms with Crippen molar-refractivity contribution >= 4 is 30.5 Å². The zero-order valence-corrected chi connectivity index (χ0v) is 9.45. The van der Waals surface area contributed by atoms with Crippen LogP contribution in [0.15, 0.2) is 28.0 Å². The van der Waals surface area contributed by atoms with Gasteiger partial charge in [0.15, 0.2) is 0 Å². The lowest BCUT2D eigenvalue weighted by Crippen LogP contribution is -1.93. The van der Waals surface area contributed by atoms with E-state index >= 15 is 0 Å². The van der Waals surface area contributed by atoms with E-state index in [1.165, 1.54) is 12.1 Å². The van der Waals surface area contributed by atoms with Crippen molar-refractivity contribution in [1.82, 2.24) is 0 Å². The summed E-state index contributed by atoms with van der Waals surface area (Å²) in [5.74, 6) is 0.571. The summed E-state index contributed by atoms with van der Waals surface area (Å²) in [6.45, 7) is 0. The Labute approximate surface area is 89.0 Å². The molecule has 0 bridgehead atoms. The predicted molar refractivity (Wildman–Crippen MR) is 54.5 cm³/mol. The van der Waals surface area contributed by atoms with E-state index in [-0.39, 0.29) is 4.90 Å². The summed E-state index contributed by atoms with van der Waals surface area (Å²) in [4.78, 5) is 0.625. The van der Waals surface area contributed by atoms with Gasteiger partial charge in [-0.25, -0.2) is 8.42 Å². The largest absolute Gasteiger partial charge is 0.261 e. The predicted octanol–water partition coefficient (Wildman–Crippen LogP) is 1.28. The van der Waals surface area contributed by atoms with Gasteiger partial charge >= 0.3 is 0 Å². The van der Waals surface area contributed by atoms with Gasteiger partial charge in [0.25, 0.3) is 9.05 Å². The summed E-state index contributed by atoms with van der Waals surface area (Å²) in [6, 6.07) is 4.53. The van der Waals surface area contributed by atoms with Crippen molar-refractivity contribution in [3.63, 3.8) is 0 Å². The lowest BCUT2D eigenvalue weighted by Gasteiger charge is -1.99. The molecule has 0 saturated heterocycles. The second kappa shape index (κ2) is 3.32. The molecule has 0 aliphatic carbocycles. The third-order valence-electron chi connectivity index (χ3n) is 2.12. The molecule has 0 aromatic heterocycles. The molecule has 76 valence electrons. The Morgan fingerprint density at radius 2 is 2.07 bits per heavy atom. The third-order valence-corrected chi connectivity index (χ3v) is 4.92. The summed E-state index contributed by atoms with van der Waals surface area (Å²) in [7, 11) is 0.405. The molecular weight excluding hydrogens is 244 g/mol. The molecule has 0 amide bonds. The third kappa shape index (κ3) is 1.71. The fourth-order valence-corrected chi connectivity index (χ4v) is 3.62. The quantitative estimate of drug-likeness (QED) is 0.706. The van der Waals surface area contributed by atoms with Crippen LogP contribution in [0.3, 0.4) is 0 Å². The van der Waals surface area contributed by atoms with Gasteiger partial charge in [-0.15, -0.1) is 0 Å². The topological polar surface area (TPSA) is 51.2 Å². The summed E-state index contributed by atoms with van der Waals surface area (Å²) in [6.07, 6.45) is 0.741. The number of hydrogen-bond acceptors (Lipinski definition) is 3. The maximum absolute atomic E-state index is 11.4. The van der Waals surface area contributed by atoms with E-state index < -0.39 is 19.9 Å². The smallest absolute Gasteiger partial charge is 0.254 e. The van der Waals surface area contributed by atoms with Crippen LogP contribution in [0, 0.1) is 0 Å². The van der Waals surface area contributed by atoms with Gasteiger partial charge in [0.2, 0.25) is 0 Å². The molecule has 0 fully saturated rings. The van der Waals surface area contributed by atoms with E-state index in [0.717, 1.165) is 12.0 Å². The highest BCUT2D eigenvalue weighted by Crippen LogP contribution is 2.26. The first-order valence-electron chi connectivity index (χ1n) is 3.94. The number of aryl methyl sites for hydroxylation is 1. The molecule has 0 saturated carbocycles. The molecule has 1 aliphatic rings. The van der Waals surface area contributed by atoms with E-state index in [1.54, 1.807) is 6.07 Å². The highest BCUT2D eigenvalue weighted by Gasteiger charge is 2.21. The van der Waals surface area contributed by atoms with Crippen molar-refractivity contribution in [2.75, 3.05) is 5.75 Å². The van der Waals surface area contributed by atoms with Gasteiger partial charge in [0.05, 0.1) is 15.7 Å². The van der Waals surface area contributed by atoms with Crippen molar-refractivity contribution in [2.45, 2.75) is 16.2 Å². The van der Waals surface area contributed by atoms with Crippen LogP contribution in [-0.4, -0.2) is 18.4 Å². The average molecular weight is 251 g/mol. The van der Waals surface area contributed by atoms with Crippen LogP contribution in [0.1, 0.15) is 5.56 Å². The van der Waals surface area contributed by atoms with Crippen LogP contribution in [0.2, 0.25) is 0 Å². The van der Waals surface area contributed by atoms with E-state index in [2.05, 4.69) is 0 Å². The van der Waals surface area contributed by atoms with Crippen LogP contribution in [-0.2, 0) is 26.3 Å². The van der Waals surface area contributed by atoms with Crippen molar-refractivity contribution in [1.29, 1.82) is 0 Å². The summed E-state index contributed by atoms with van der Waals surface area (Å²) < 4.78 is 33.4. The molecule has 2 rings (SSSR count). The Balaban J connectivity index is 2.61. The van der Waals surface area contributed by atoms with Crippen LogP contribution < -0.4 is 0 Å². The Bertz CT molecular complexity index is 507. The fourth-order valence-electron chi connectivity index (χ4n) is 1.42. The minimum absolute atomic E-state index is 0.0215. The zero-order chi connectivity index (χ0) is 10.3. The summed E-state index contributed by atoms with van der Waals surface area (Å²) in [5, 5.41) is 0. The standard InChI is InChI=1S/C8H7ClO3S2/c9-14(11,12)7-2-1-6-3-4-13(10)8(6)5-7/h1-2,5H,3-4H2. The van der Waals surface area contributed by atoms with Gasteiger partial charge in [-0.2, -0.15) is 0 Å². The van der Waals surface area contributed by atoms with Crippen LogP contribution in [0.4, 0.5) is 0 Å². The molecular formula is C8H7ClO3S2. The van der Waals surface area contributed by atoms with Crippen molar-refractivity contribution in [3.05, 3.63) is 23.8 Å². The molecule has 0 N–H and O–H groups in total. The molecule has 1 aromatic rings. The number of rotatable bonds is 1. The molecule has 1 aromatic carbocycles. The SMILES string of the molecule is O=S1CCc2ccc(S(=O)(=O)Cl)cc21. The highest BCUT2D eigenvalue weighted by molar-refractivity contribution is 8.13. The first-order valence-corrected chi connectivity index (χ1v) is 7.57. The number of hydrogen-bond donors (Lipinski definition) is 0. The second-order valence-corrected chi connectivity index (χ2v) is 7.11. The fraction of sp³-hybridized carbons (Fsp3) is 0.250. The van der Waals surface area contributed by atoms with E-state index in [0.29, 0.717) is 10.6 Å². The van der Waals surface area contributed by atoms with E-state index in [4.69, 9.17) is 10.7 Å². The first-order chi connectivity index (χ1) is 6.48. The Morgan fingerprint density at radius 3 is 2.71 bits per heavy atom. The number of benzene rings is 1.